The average Bonchev–Trinajstić information content (AvgIpc) is 2.21. The molecule has 0 fully saturated rings. The summed E-state index contributed by atoms with van der Waals surface area (Å²) in [5, 5.41) is 0. The smallest absolute Gasteiger partial charge is 0.182 e. The molecule has 0 aliphatic rings. The SMILES string of the molecule is CCc1nc(C)c2nc(C)c(C)nc2n1. The van der Waals surface area contributed by atoms with Crippen molar-refractivity contribution in [3.05, 3.63) is 22.9 Å². The maximum absolute atomic E-state index is 4.46. The van der Waals surface area contributed by atoms with Gasteiger partial charge in [0.05, 0.1) is 17.1 Å². The Morgan fingerprint density at radius 1 is 0.800 bits per heavy atom. The normalized spacial score (nSPS) is 10.9. The monoisotopic (exact) mass is 202 g/mol. The summed E-state index contributed by atoms with van der Waals surface area (Å²) in [6.07, 6.45) is 0.825. The summed E-state index contributed by atoms with van der Waals surface area (Å²) in [7, 11) is 0. The Morgan fingerprint density at radius 3 is 2.13 bits per heavy atom. The van der Waals surface area contributed by atoms with E-state index in [-0.39, 0.29) is 0 Å². The zero-order valence-corrected chi connectivity index (χ0v) is 9.50. The second-order valence-electron chi connectivity index (χ2n) is 3.65. The summed E-state index contributed by atoms with van der Waals surface area (Å²) < 4.78 is 0. The van der Waals surface area contributed by atoms with Crippen LogP contribution >= 0.6 is 0 Å². The Kier molecular flexibility index (Phi) is 2.34. The van der Waals surface area contributed by atoms with Crippen molar-refractivity contribution in [2.24, 2.45) is 0 Å². The Hall–Kier alpha value is -1.58. The molecule has 2 heterocycles. The summed E-state index contributed by atoms with van der Waals surface area (Å²) in [5.41, 5.74) is 4.31. The van der Waals surface area contributed by atoms with Gasteiger partial charge < -0.3 is 0 Å². The van der Waals surface area contributed by atoms with Crippen molar-refractivity contribution in [1.82, 2.24) is 19.9 Å². The second kappa shape index (κ2) is 3.53. The van der Waals surface area contributed by atoms with Crippen molar-refractivity contribution in [3.63, 3.8) is 0 Å². The minimum Gasteiger partial charge on any atom is -0.246 e. The molecule has 2 aromatic heterocycles. The zero-order chi connectivity index (χ0) is 11.0. The van der Waals surface area contributed by atoms with Gasteiger partial charge in [0.25, 0.3) is 0 Å². The molecule has 0 saturated carbocycles. The van der Waals surface area contributed by atoms with Gasteiger partial charge in [-0.2, -0.15) is 0 Å². The van der Waals surface area contributed by atoms with E-state index >= 15 is 0 Å². The minimum atomic E-state index is 0.711. The van der Waals surface area contributed by atoms with Crippen LogP contribution in [0, 0.1) is 20.8 Å². The van der Waals surface area contributed by atoms with E-state index in [1.165, 1.54) is 0 Å². The van der Waals surface area contributed by atoms with Gasteiger partial charge >= 0.3 is 0 Å². The lowest BCUT2D eigenvalue weighted by atomic mass is 10.3. The first-order valence-corrected chi connectivity index (χ1v) is 5.10. The molecule has 0 N–H and O–H groups in total. The molecular formula is C11H14N4. The van der Waals surface area contributed by atoms with Gasteiger partial charge in [-0.25, -0.2) is 19.9 Å². The predicted octanol–water partition coefficient (Wildman–Crippen LogP) is 1.91. The van der Waals surface area contributed by atoms with Crippen LogP contribution in [0.1, 0.15) is 29.8 Å². The average molecular weight is 202 g/mol. The predicted molar refractivity (Wildman–Crippen MR) is 58.7 cm³/mol. The van der Waals surface area contributed by atoms with E-state index in [9.17, 15) is 0 Å². The maximum Gasteiger partial charge on any atom is 0.182 e. The first-order chi connectivity index (χ1) is 7.11. The molecule has 2 rings (SSSR count). The number of nitrogens with zero attached hydrogens (tertiary/aromatic N) is 4. The quantitative estimate of drug-likeness (QED) is 0.708. The highest BCUT2D eigenvalue weighted by Gasteiger charge is 2.07. The molecule has 0 aromatic carbocycles. The number of rotatable bonds is 1. The first kappa shape index (κ1) is 9.96. The molecule has 0 spiro atoms. The highest BCUT2D eigenvalue weighted by atomic mass is 15.0. The lowest BCUT2D eigenvalue weighted by Crippen LogP contribution is -2.02. The van der Waals surface area contributed by atoms with Crippen molar-refractivity contribution in [2.75, 3.05) is 0 Å². The molecule has 0 aliphatic heterocycles. The van der Waals surface area contributed by atoms with Crippen molar-refractivity contribution in [1.29, 1.82) is 0 Å². The van der Waals surface area contributed by atoms with Crippen LogP contribution in [0.25, 0.3) is 11.2 Å². The van der Waals surface area contributed by atoms with Crippen LogP contribution in [-0.2, 0) is 6.42 Å². The van der Waals surface area contributed by atoms with Crippen molar-refractivity contribution < 1.29 is 0 Å². The summed E-state index contributed by atoms with van der Waals surface area (Å²) >= 11 is 0. The fraction of sp³-hybridized carbons (Fsp3) is 0.455. The van der Waals surface area contributed by atoms with Crippen LogP contribution < -0.4 is 0 Å². The Balaban J connectivity index is 2.80. The third kappa shape index (κ3) is 1.67. The minimum absolute atomic E-state index is 0.711. The van der Waals surface area contributed by atoms with E-state index in [0.29, 0.717) is 5.65 Å². The molecule has 0 aliphatic carbocycles. The summed E-state index contributed by atoms with van der Waals surface area (Å²) in [6.45, 7) is 7.89. The van der Waals surface area contributed by atoms with Gasteiger partial charge in [0, 0.05) is 6.42 Å². The molecule has 0 radical (unpaired) electrons. The number of hydrogen-bond donors (Lipinski definition) is 0. The van der Waals surface area contributed by atoms with Crippen LogP contribution in [-0.4, -0.2) is 19.9 Å². The molecule has 0 bridgehead atoms. The fourth-order valence-corrected chi connectivity index (χ4v) is 1.46. The van der Waals surface area contributed by atoms with E-state index in [0.717, 1.165) is 34.8 Å². The van der Waals surface area contributed by atoms with E-state index in [2.05, 4.69) is 19.9 Å². The molecular weight excluding hydrogens is 188 g/mol. The fourth-order valence-electron chi connectivity index (χ4n) is 1.46. The van der Waals surface area contributed by atoms with Crippen molar-refractivity contribution in [3.8, 4) is 0 Å². The summed E-state index contributed by atoms with van der Waals surface area (Å²) in [4.78, 5) is 17.6. The van der Waals surface area contributed by atoms with Gasteiger partial charge in [-0.15, -0.1) is 0 Å². The van der Waals surface area contributed by atoms with Gasteiger partial charge in [-0.05, 0) is 20.8 Å². The lowest BCUT2D eigenvalue weighted by Gasteiger charge is -2.05. The van der Waals surface area contributed by atoms with Gasteiger partial charge in [-0.3, -0.25) is 0 Å². The highest BCUT2D eigenvalue weighted by Crippen LogP contribution is 2.13. The number of fused-ring (bicyclic) bond motifs is 1. The van der Waals surface area contributed by atoms with E-state index < -0.39 is 0 Å². The highest BCUT2D eigenvalue weighted by molar-refractivity contribution is 5.72. The molecule has 0 unspecified atom stereocenters. The van der Waals surface area contributed by atoms with Crippen LogP contribution in [0.15, 0.2) is 0 Å². The van der Waals surface area contributed by atoms with Crippen LogP contribution in [0.5, 0.6) is 0 Å². The molecule has 4 nitrogen and oxygen atoms in total. The van der Waals surface area contributed by atoms with E-state index in [1.807, 2.05) is 27.7 Å². The standard InChI is InChI=1S/C11H14N4/c1-5-9-12-8(4)10-11(15-9)14-7(3)6(2)13-10/h5H2,1-4H3. The number of hydrogen-bond acceptors (Lipinski definition) is 4. The van der Waals surface area contributed by atoms with E-state index in [1.54, 1.807) is 0 Å². The lowest BCUT2D eigenvalue weighted by molar-refractivity contribution is 0.919. The van der Waals surface area contributed by atoms with Crippen LogP contribution in [0.2, 0.25) is 0 Å². The molecule has 2 aromatic rings. The third-order valence-corrected chi connectivity index (χ3v) is 2.48. The number of aromatic nitrogens is 4. The largest absolute Gasteiger partial charge is 0.246 e. The zero-order valence-electron chi connectivity index (χ0n) is 9.50. The van der Waals surface area contributed by atoms with E-state index in [4.69, 9.17) is 0 Å². The van der Waals surface area contributed by atoms with Gasteiger partial charge in [0.1, 0.15) is 11.3 Å². The Bertz CT molecular complexity index is 519. The topological polar surface area (TPSA) is 51.6 Å². The molecule has 0 saturated heterocycles. The van der Waals surface area contributed by atoms with Crippen LogP contribution in [0.3, 0.4) is 0 Å². The van der Waals surface area contributed by atoms with Crippen molar-refractivity contribution in [2.45, 2.75) is 34.1 Å². The van der Waals surface area contributed by atoms with Crippen LogP contribution in [0.4, 0.5) is 0 Å². The first-order valence-electron chi connectivity index (χ1n) is 5.10. The third-order valence-electron chi connectivity index (χ3n) is 2.48. The summed E-state index contributed by atoms with van der Waals surface area (Å²) in [6, 6.07) is 0. The van der Waals surface area contributed by atoms with Gasteiger partial charge in [0.15, 0.2) is 5.65 Å². The number of aryl methyl sites for hydroxylation is 4. The second-order valence-corrected chi connectivity index (χ2v) is 3.65. The Labute approximate surface area is 88.8 Å². The molecule has 15 heavy (non-hydrogen) atoms. The summed E-state index contributed by atoms with van der Waals surface area (Å²) in [5.74, 6) is 0.831. The molecule has 78 valence electrons. The van der Waals surface area contributed by atoms with Gasteiger partial charge in [-0.1, -0.05) is 6.92 Å². The van der Waals surface area contributed by atoms with Gasteiger partial charge in [0.2, 0.25) is 0 Å². The maximum atomic E-state index is 4.46. The molecule has 4 heteroatoms. The molecule has 0 atom stereocenters. The van der Waals surface area contributed by atoms with Crippen molar-refractivity contribution >= 4 is 11.2 Å². The Morgan fingerprint density at radius 2 is 1.47 bits per heavy atom. The molecule has 0 amide bonds.